The number of hydrogen-bond donors (Lipinski definition) is 0. The number of carbonyl (C=O) groups excluding carboxylic acids is 3. The van der Waals surface area contributed by atoms with Gasteiger partial charge in [0, 0.05) is 19.3 Å². The zero-order valence-electron chi connectivity index (χ0n) is 53.9. The zero-order valence-corrected chi connectivity index (χ0v) is 53.9. The molecule has 6 heteroatoms. The highest BCUT2D eigenvalue weighted by Crippen LogP contribution is 2.16. The van der Waals surface area contributed by atoms with Crippen molar-refractivity contribution in [1.82, 2.24) is 0 Å². The van der Waals surface area contributed by atoms with Gasteiger partial charge in [0.1, 0.15) is 13.2 Å². The molecule has 6 nitrogen and oxygen atoms in total. The van der Waals surface area contributed by atoms with E-state index in [4.69, 9.17) is 14.2 Å². The van der Waals surface area contributed by atoms with Crippen LogP contribution in [0.5, 0.6) is 0 Å². The molecular weight excluding hydrogens is 1020 g/mol. The van der Waals surface area contributed by atoms with Crippen LogP contribution in [-0.4, -0.2) is 37.2 Å². The fraction of sp³-hybridized carbons (Fsp3) is 0.649. The van der Waals surface area contributed by atoms with Crippen LogP contribution >= 0.6 is 0 Å². The standard InChI is InChI=1S/C77H126O6/c1-4-7-10-13-16-19-22-25-28-31-33-34-35-36-37-38-39-40-41-42-44-46-49-52-55-58-61-64-67-70-76(79)82-73-74(72-81-75(78)69-66-63-60-57-54-51-48-45-30-27-24-21-18-15-12-9-6-3)83-77(80)71-68-65-62-59-56-53-50-47-43-32-29-26-23-20-17-14-11-8-5-2/h7,9-10,12,16-21,25-30,33-34,36-37,48,51,57,60,74H,4-6,8,11,13-15,22-24,31-32,35,38-47,49-50,52-56,58-59,61-73H2,1-3H3/b10-7-,12-9-,19-16-,20-17-,21-18-,28-25-,29-26-,30-27-,34-33-,37-36-,51-48-,60-57-. The summed E-state index contributed by atoms with van der Waals surface area (Å²) in [6.45, 7) is 6.35. The molecule has 0 aliphatic rings. The maximum Gasteiger partial charge on any atom is 0.306 e. The summed E-state index contributed by atoms with van der Waals surface area (Å²) >= 11 is 0. The molecule has 0 aromatic carbocycles. The first kappa shape index (κ1) is 78.3. The maximum atomic E-state index is 12.9. The molecule has 0 rings (SSSR count). The number of rotatable bonds is 61. The Morgan fingerprint density at radius 3 is 0.783 bits per heavy atom. The summed E-state index contributed by atoms with van der Waals surface area (Å²) in [5.41, 5.74) is 0. The lowest BCUT2D eigenvalue weighted by Crippen LogP contribution is -2.30. The molecule has 0 spiro atoms. The second-order valence-electron chi connectivity index (χ2n) is 22.3. The number of unbranched alkanes of at least 4 members (excludes halogenated alkanes) is 26. The van der Waals surface area contributed by atoms with Crippen LogP contribution in [0.25, 0.3) is 0 Å². The minimum Gasteiger partial charge on any atom is -0.462 e. The molecule has 0 aliphatic heterocycles. The average Bonchev–Trinajstić information content (AvgIpc) is 3.49. The van der Waals surface area contributed by atoms with Crippen LogP contribution in [-0.2, 0) is 28.6 Å². The first-order chi connectivity index (χ1) is 41.0. The number of carbonyl (C=O) groups is 3. The van der Waals surface area contributed by atoms with Crippen LogP contribution in [0.4, 0.5) is 0 Å². The van der Waals surface area contributed by atoms with Gasteiger partial charge >= 0.3 is 17.9 Å². The first-order valence-corrected chi connectivity index (χ1v) is 34.3. The highest BCUT2D eigenvalue weighted by molar-refractivity contribution is 5.71. The predicted molar refractivity (Wildman–Crippen MR) is 362 cm³/mol. The Hall–Kier alpha value is -4.71. The Morgan fingerprint density at radius 2 is 0.482 bits per heavy atom. The van der Waals surface area contributed by atoms with E-state index in [0.717, 1.165) is 116 Å². The Balaban J connectivity index is 4.39. The van der Waals surface area contributed by atoms with E-state index in [2.05, 4.69) is 167 Å². The van der Waals surface area contributed by atoms with Crippen molar-refractivity contribution >= 4 is 17.9 Å². The van der Waals surface area contributed by atoms with Gasteiger partial charge < -0.3 is 14.2 Å². The minimum atomic E-state index is -0.811. The van der Waals surface area contributed by atoms with Gasteiger partial charge in [0.2, 0.25) is 0 Å². The van der Waals surface area contributed by atoms with Gasteiger partial charge in [-0.25, -0.2) is 0 Å². The van der Waals surface area contributed by atoms with E-state index in [1.165, 1.54) is 141 Å². The summed E-state index contributed by atoms with van der Waals surface area (Å²) in [5, 5.41) is 0. The van der Waals surface area contributed by atoms with Crippen LogP contribution in [0, 0.1) is 0 Å². The van der Waals surface area contributed by atoms with Crippen LogP contribution in [0.3, 0.4) is 0 Å². The molecule has 1 unspecified atom stereocenters. The fourth-order valence-corrected chi connectivity index (χ4v) is 9.24. The first-order valence-electron chi connectivity index (χ1n) is 34.3. The van der Waals surface area contributed by atoms with E-state index in [1.54, 1.807) is 0 Å². The van der Waals surface area contributed by atoms with Gasteiger partial charge in [-0.1, -0.05) is 295 Å². The van der Waals surface area contributed by atoms with E-state index in [9.17, 15) is 14.4 Å². The summed E-state index contributed by atoms with van der Waals surface area (Å²) < 4.78 is 16.9. The van der Waals surface area contributed by atoms with E-state index < -0.39 is 6.10 Å². The van der Waals surface area contributed by atoms with Crippen molar-refractivity contribution in [3.63, 3.8) is 0 Å². The topological polar surface area (TPSA) is 78.9 Å². The molecular formula is C77H126O6. The quantitative estimate of drug-likeness (QED) is 0.0261. The molecule has 0 heterocycles. The van der Waals surface area contributed by atoms with Crippen molar-refractivity contribution < 1.29 is 28.6 Å². The molecule has 0 radical (unpaired) electrons. The molecule has 0 saturated carbocycles. The van der Waals surface area contributed by atoms with Gasteiger partial charge in [-0.3, -0.25) is 14.4 Å². The molecule has 1 atom stereocenters. The van der Waals surface area contributed by atoms with Gasteiger partial charge in [0.15, 0.2) is 6.10 Å². The van der Waals surface area contributed by atoms with E-state index >= 15 is 0 Å². The third-order valence-electron chi connectivity index (χ3n) is 14.3. The molecule has 0 amide bonds. The molecule has 0 N–H and O–H groups in total. The lowest BCUT2D eigenvalue weighted by atomic mass is 10.0. The van der Waals surface area contributed by atoms with E-state index in [1.807, 2.05) is 0 Å². The van der Waals surface area contributed by atoms with Gasteiger partial charge in [-0.15, -0.1) is 0 Å². The number of ether oxygens (including phenoxy) is 3. The van der Waals surface area contributed by atoms with Gasteiger partial charge in [0.05, 0.1) is 0 Å². The Kier molecular flexibility index (Phi) is 65.8. The summed E-state index contributed by atoms with van der Waals surface area (Å²) in [6.07, 6.45) is 100. The van der Waals surface area contributed by atoms with Crippen molar-refractivity contribution in [1.29, 1.82) is 0 Å². The van der Waals surface area contributed by atoms with Gasteiger partial charge in [-0.2, -0.15) is 0 Å². The average molecular weight is 1150 g/mol. The lowest BCUT2D eigenvalue weighted by molar-refractivity contribution is -0.167. The van der Waals surface area contributed by atoms with E-state index in [0.29, 0.717) is 19.3 Å². The summed E-state index contributed by atoms with van der Waals surface area (Å²) in [7, 11) is 0. The molecule has 470 valence electrons. The second kappa shape index (κ2) is 69.8. The largest absolute Gasteiger partial charge is 0.462 e. The third kappa shape index (κ3) is 68.0. The van der Waals surface area contributed by atoms with Crippen molar-refractivity contribution in [2.24, 2.45) is 0 Å². The summed E-state index contributed by atoms with van der Waals surface area (Å²) in [5.74, 6) is -0.962. The monoisotopic (exact) mass is 1150 g/mol. The normalized spacial score (nSPS) is 13.0. The Labute approximate surface area is 512 Å². The summed E-state index contributed by atoms with van der Waals surface area (Å²) in [4.78, 5) is 38.4. The van der Waals surface area contributed by atoms with E-state index in [-0.39, 0.29) is 37.5 Å². The second-order valence-corrected chi connectivity index (χ2v) is 22.3. The molecule has 0 aromatic rings. The lowest BCUT2D eigenvalue weighted by Gasteiger charge is -2.18. The fourth-order valence-electron chi connectivity index (χ4n) is 9.24. The number of esters is 3. The molecule has 0 aliphatic carbocycles. The van der Waals surface area contributed by atoms with Crippen molar-refractivity contribution in [2.45, 2.75) is 309 Å². The highest BCUT2D eigenvalue weighted by atomic mass is 16.6. The van der Waals surface area contributed by atoms with Crippen molar-refractivity contribution in [3.8, 4) is 0 Å². The smallest absolute Gasteiger partial charge is 0.306 e. The highest BCUT2D eigenvalue weighted by Gasteiger charge is 2.19. The molecule has 0 aromatic heterocycles. The van der Waals surface area contributed by atoms with Crippen LogP contribution < -0.4 is 0 Å². The Morgan fingerprint density at radius 1 is 0.253 bits per heavy atom. The number of hydrogen-bond acceptors (Lipinski definition) is 6. The molecule has 0 fully saturated rings. The van der Waals surface area contributed by atoms with Crippen LogP contribution in [0.2, 0.25) is 0 Å². The zero-order chi connectivity index (χ0) is 59.9. The van der Waals surface area contributed by atoms with Crippen LogP contribution in [0.1, 0.15) is 303 Å². The van der Waals surface area contributed by atoms with Gasteiger partial charge in [-0.05, 0) is 135 Å². The van der Waals surface area contributed by atoms with Crippen LogP contribution in [0.15, 0.2) is 146 Å². The molecule has 0 bridgehead atoms. The number of allylic oxidation sites excluding steroid dienone is 24. The Bertz CT molecular complexity index is 1800. The molecule has 0 saturated heterocycles. The predicted octanol–water partition coefficient (Wildman–Crippen LogP) is 23.9. The van der Waals surface area contributed by atoms with Crippen molar-refractivity contribution in [3.05, 3.63) is 146 Å². The van der Waals surface area contributed by atoms with Gasteiger partial charge in [0.25, 0.3) is 0 Å². The maximum absolute atomic E-state index is 12.9. The third-order valence-corrected chi connectivity index (χ3v) is 14.3. The SMILES string of the molecule is CC/C=C\C/C=C\C/C=C\C/C=C\C/C=C\CCCCCCCCCCCCCCCC(=O)OCC(COC(=O)CCC/C=C\C/C=C\C/C=C\C/C=C\C/C=C\CC)OC(=O)CCCCCCCCCCC/C=C\C/C=C\CCCCC. The van der Waals surface area contributed by atoms with Crippen molar-refractivity contribution in [2.75, 3.05) is 13.2 Å². The molecule has 83 heavy (non-hydrogen) atoms. The summed E-state index contributed by atoms with van der Waals surface area (Å²) in [6, 6.07) is 0. The minimum absolute atomic E-state index is 0.101.